The summed E-state index contributed by atoms with van der Waals surface area (Å²) < 4.78 is 21.8. The van der Waals surface area contributed by atoms with Crippen LogP contribution in [-0.2, 0) is 11.0 Å². The van der Waals surface area contributed by atoms with Gasteiger partial charge >= 0.3 is 0 Å². The third kappa shape index (κ3) is 3.01. The Morgan fingerprint density at radius 1 is 1.26 bits per heavy atom. The van der Waals surface area contributed by atoms with Gasteiger partial charge in [0, 0.05) is 11.6 Å². The molecule has 0 aliphatic heterocycles. The second kappa shape index (κ2) is 6.48. The van der Waals surface area contributed by atoms with Crippen LogP contribution < -0.4 is 4.74 Å². The van der Waals surface area contributed by atoms with Gasteiger partial charge in [-0.2, -0.15) is 4.40 Å². The van der Waals surface area contributed by atoms with Crippen LogP contribution in [0.25, 0.3) is 10.8 Å². The topological polar surface area (TPSA) is 38.7 Å². The Labute approximate surface area is 115 Å². The van der Waals surface area contributed by atoms with Crippen molar-refractivity contribution in [3.8, 4) is 5.75 Å². The van der Waals surface area contributed by atoms with Crippen LogP contribution in [-0.4, -0.2) is 17.5 Å². The molecule has 2 aromatic carbocycles. The highest BCUT2D eigenvalue weighted by molar-refractivity contribution is 7.84. The van der Waals surface area contributed by atoms with E-state index in [9.17, 15) is 4.21 Å². The molecule has 2 rings (SSSR count). The summed E-state index contributed by atoms with van der Waals surface area (Å²) in [6.07, 6.45) is 3.55. The Morgan fingerprint density at radius 3 is 2.79 bits per heavy atom. The van der Waals surface area contributed by atoms with Gasteiger partial charge in [0.2, 0.25) is 0 Å². The molecule has 0 heterocycles. The van der Waals surface area contributed by atoms with Gasteiger partial charge in [0.25, 0.3) is 0 Å². The van der Waals surface area contributed by atoms with Gasteiger partial charge in [0.05, 0.1) is 7.11 Å². The fourth-order valence-corrected chi connectivity index (χ4v) is 2.91. The number of hydrogen-bond acceptors (Lipinski definition) is 2. The summed E-state index contributed by atoms with van der Waals surface area (Å²) in [5.41, 5.74) is 0. The molecule has 0 radical (unpaired) electrons. The average Bonchev–Trinajstić information content (AvgIpc) is 2.46. The van der Waals surface area contributed by atoms with E-state index in [0.29, 0.717) is 10.6 Å². The monoisotopic (exact) mass is 275 g/mol. The zero-order valence-electron chi connectivity index (χ0n) is 11.1. The zero-order valence-corrected chi connectivity index (χ0v) is 11.9. The molecule has 100 valence electrons. The molecule has 0 spiro atoms. The molecule has 0 bridgehead atoms. The summed E-state index contributed by atoms with van der Waals surface area (Å²) in [5, 5.41) is 1.96. The van der Waals surface area contributed by atoms with Crippen molar-refractivity contribution in [2.24, 2.45) is 4.40 Å². The summed E-state index contributed by atoms with van der Waals surface area (Å²) in [7, 11) is 0.157. The van der Waals surface area contributed by atoms with Crippen molar-refractivity contribution in [1.82, 2.24) is 0 Å². The number of rotatable bonds is 5. The first-order valence-electron chi connectivity index (χ1n) is 6.28. The van der Waals surface area contributed by atoms with Crippen molar-refractivity contribution in [1.29, 1.82) is 0 Å². The Bertz CT molecular complexity index is 623. The summed E-state index contributed by atoms with van der Waals surface area (Å²) >= 11 is 0. The predicted molar refractivity (Wildman–Crippen MR) is 80.3 cm³/mol. The number of unbranched alkanes of at least 4 members (excludes halogenated alkanes) is 1. The second-order valence-corrected chi connectivity index (χ2v) is 5.26. The van der Waals surface area contributed by atoms with Crippen LogP contribution in [0.15, 0.2) is 45.7 Å². The first kappa shape index (κ1) is 13.7. The maximum Gasteiger partial charge on any atom is 0.176 e. The van der Waals surface area contributed by atoms with Crippen molar-refractivity contribution in [2.75, 3.05) is 7.11 Å². The molecule has 2 aromatic rings. The summed E-state index contributed by atoms with van der Waals surface area (Å²) in [6, 6.07) is 11.6. The number of fused-ring (bicyclic) bond motifs is 1. The lowest BCUT2D eigenvalue weighted by molar-refractivity contribution is 0.405. The first-order valence-corrected chi connectivity index (χ1v) is 7.38. The third-order valence-corrected chi connectivity index (χ3v) is 3.94. The minimum absolute atomic E-state index is 0.616. The maximum atomic E-state index is 12.3. The number of benzene rings is 2. The Balaban J connectivity index is 2.52. The van der Waals surface area contributed by atoms with Crippen LogP contribution in [0.2, 0.25) is 0 Å². The Kier molecular flexibility index (Phi) is 4.68. The molecule has 0 amide bonds. The van der Waals surface area contributed by atoms with Crippen molar-refractivity contribution < 1.29 is 8.95 Å². The van der Waals surface area contributed by atoms with Crippen molar-refractivity contribution in [3.63, 3.8) is 0 Å². The van der Waals surface area contributed by atoms with E-state index in [1.54, 1.807) is 13.3 Å². The molecule has 0 saturated heterocycles. The minimum Gasteiger partial charge on any atom is -0.495 e. The first-order chi connectivity index (χ1) is 9.27. The molecule has 19 heavy (non-hydrogen) atoms. The van der Waals surface area contributed by atoms with E-state index < -0.39 is 11.0 Å². The van der Waals surface area contributed by atoms with Crippen LogP contribution >= 0.6 is 0 Å². The number of ether oxygens (including phenoxy) is 1. The molecule has 1 unspecified atom stereocenters. The molecular weight excluding hydrogens is 258 g/mol. The van der Waals surface area contributed by atoms with Crippen LogP contribution in [0, 0.1) is 0 Å². The zero-order chi connectivity index (χ0) is 13.7. The highest BCUT2D eigenvalue weighted by atomic mass is 32.2. The lowest BCUT2D eigenvalue weighted by Gasteiger charge is -2.09. The van der Waals surface area contributed by atoms with E-state index >= 15 is 0 Å². The van der Waals surface area contributed by atoms with Gasteiger partial charge in [0.1, 0.15) is 10.6 Å². The van der Waals surface area contributed by atoms with Crippen molar-refractivity contribution in [2.45, 2.75) is 24.7 Å². The van der Waals surface area contributed by atoms with E-state index in [2.05, 4.69) is 11.3 Å². The third-order valence-electron chi connectivity index (χ3n) is 2.83. The normalized spacial score (nSPS) is 12.9. The molecular formula is C15H17NO2S. The highest BCUT2D eigenvalue weighted by Crippen LogP contribution is 2.31. The smallest absolute Gasteiger partial charge is 0.176 e. The summed E-state index contributed by atoms with van der Waals surface area (Å²) in [5.74, 6) is 0.616. The second-order valence-electron chi connectivity index (χ2n) is 4.14. The summed E-state index contributed by atoms with van der Waals surface area (Å²) in [6.45, 7) is 2.06. The van der Waals surface area contributed by atoms with E-state index in [0.717, 1.165) is 23.6 Å². The quantitative estimate of drug-likeness (QED) is 0.780. The lowest BCUT2D eigenvalue weighted by atomic mass is 10.1. The maximum absolute atomic E-state index is 12.3. The van der Waals surface area contributed by atoms with E-state index in [1.165, 1.54) is 0 Å². The molecule has 0 aliphatic rings. The fourth-order valence-electron chi connectivity index (χ4n) is 1.87. The average molecular weight is 275 g/mol. The van der Waals surface area contributed by atoms with E-state index in [-0.39, 0.29) is 0 Å². The molecule has 0 N–H and O–H groups in total. The molecule has 0 fully saturated rings. The van der Waals surface area contributed by atoms with Crippen LogP contribution in [0.1, 0.15) is 19.8 Å². The minimum atomic E-state index is -1.43. The van der Waals surface area contributed by atoms with Gasteiger partial charge in [-0.1, -0.05) is 43.7 Å². The van der Waals surface area contributed by atoms with Crippen LogP contribution in [0.4, 0.5) is 0 Å². The number of nitrogens with zero attached hydrogens (tertiary/aromatic N) is 1. The highest BCUT2D eigenvalue weighted by Gasteiger charge is 2.13. The fraction of sp³-hybridized carbons (Fsp3) is 0.267. The standard InChI is InChI=1S/C15H17NO2S/c1-3-4-11-16-19(17)15-13-8-6-5-7-12(13)9-10-14(15)18-2/h5-11H,3-4H2,1-2H3/b16-11+. The number of methoxy groups -OCH3 is 1. The Morgan fingerprint density at radius 2 is 2.05 bits per heavy atom. The van der Waals surface area contributed by atoms with Gasteiger partial charge in [-0.3, -0.25) is 0 Å². The van der Waals surface area contributed by atoms with E-state index in [4.69, 9.17) is 4.74 Å². The van der Waals surface area contributed by atoms with E-state index in [1.807, 2.05) is 36.4 Å². The largest absolute Gasteiger partial charge is 0.495 e. The Hall–Kier alpha value is -1.68. The number of hydrogen-bond donors (Lipinski definition) is 0. The van der Waals surface area contributed by atoms with Gasteiger partial charge in [-0.05, 0) is 17.9 Å². The lowest BCUT2D eigenvalue weighted by Crippen LogP contribution is -1.95. The molecule has 3 nitrogen and oxygen atoms in total. The van der Waals surface area contributed by atoms with Crippen LogP contribution in [0.5, 0.6) is 5.75 Å². The van der Waals surface area contributed by atoms with Gasteiger partial charge in [-0.25, -0.2) is 4.21 Å². The van der Waals surface area contributed by atoms with Crippen LogP contribution in [0.3, 0.4) is 0 Å². The molecule has 0 aliphatic carbocycles. The SMILES string of the molecule is CCC/C=N/S(=O)c1c(OC)ccc2ccccc12. The predicted octanol–water partition coefficient (Wildman–Crippen LogP) is 3.74. The van der Waals surface area contributed by atoms with Crippen molar-refractivity contribution >= 4 is 28.0 Å². The molecule has 0 saturated carbocycles. The molecule has 0 aromatic heterocycles. The van der Waals surface area contributed by atoms with Crippen molar-refractivity contribution in [3.05, 3.63) is 36.4 Å². The summed E-state index contributed by atoms with van der Waals surface area (Å²) in [4.78, 5) is 0.646. The van der Waals surface area contributed by atoms with Gasteiger partial charge in [0.15, 0.2) is 11.0 Å². The van der Waals surface area contributed by atoms with Gasteiger partial charge in [-0.15, -0.1) is 0 Å². The molecule has 1 atom stereocenters. The van der Waals surface area contributed by atoms with Gasteiger partial charge < -0.3 is 4.74 Å². The molecule has 4 heteroatoms.